The van der Waals surface area contributed by atoms with Crippen LogP contribution in [0.5, 0.6) is 5.75 Å². The zero-order chi connectivity index (χ0) is 20.4. The van der Waals surface area contributed by atoms with Crippen LogP contribution in [0.3, 0.4) is 0 Å². The second kappa shape index (κ2) is 10.4. The van der Waals surface area contributed by atoms with Crippen molar-refractivity contribution >= 4 is 0 Å². The molecule has 0 saturated heterocycles. The second-order valence-corrected chi connectivity index (χ2v) is 7.38. The van der Waals surface area contributed by atoms with E-state index < -0.39 is 0 Å². The molecular formula is C27H27N2O+. The first-order chi connectivity index (χ1) is 14.9. The summed E-state index contributed by atoms with van der Waals surface area (Å²) in [5, 5.41) is 0. The standard InChI is InChI=1S/C27H27N2O/c1-3-8-23(9-4-1)12-13-24-14-16-26(17-15-24)30-21-7-19-29-20-18-27(28-22-29)25-10-5-2-6-11-25/h1-6,8-11,14-18,20,22H,7,12-13,19,21H2/q+1. The Bertz CT molecular complexity index is 1010. The normalized spacial score (nSPS) is 10.7. The van der Waals surface area contributed by atoms with Crippen molar-refractivity contribution in [2.75, 3.05) is 6.61 Å². The third-order valence-electron chi connectivity index (χ3n) is 5.14. The molecule has 0 aliphatic rings. The Morgan fingerprint density at radius 2 is 1.37 bits per heavy atom. The first-order valence-corrected chi connectivity index (χ1v) is 10.5. The maximum Gasteiger partial charge on any atom is 0.286 e. The van der Waals surface area contributed by atoms with Gasteiger partial charge >= 0.3 is 0 Å². The van der Waals surface area contributed by atoms with Gasteiger partial charge in [0.05, 0.1) is 19.3 Å². The number of hydrogen-bond acceptors (Lipinski definition) is 2. The minimum absolute atomic E-state index is 0.691. The molecule has 3 heteroatoms. The molecule has 30 heavy (non-hydrogen) atoms. The topological polar surface area (TPSA) is 26.0 Å². The highest BCUT2D eigenvalue weighted by atomic mass is 16.5. The highest BCUT2D eigenvalue weighted by Gasteiger charge is 2.06. The highest BCUT2D eigenvalue weighted by molar-refractivity contribution is 5.57. The van der Waals surface area contributed by atoms with Gasteiger partial charge in [-0.3, -0.25) is 0 Å². The van der Waals surface area contributed by atoms with Gasteiger partial charge in [-0.1, -0.05) is 72.8 Å². The lowest BCUT2D eigenvalue weighted by Gasteiger charge is -2.07. The van der Waals surface area contributed by atoms with Gasteiger partial charge in [0.15, 0.2) is 5.69 Å². The molecule has 0 radical (unpaired) electrons. The molecule has 0 amide bonds. The molecule has 0 unspecified atom stereocenters. The smallest absolute Gasteiger partial charge is 0.286 e. The zero-order valence-corrected chi connectivity index (χ0v) is 17.2. The van der Waals surface area contributed by atoms with E-state index in [1.807, 2.05) is 24.5 Å². The second-order valence-electron chi connectivity index (χ2n) is 7.38. The first kappa shape index (κ1) is 19.8. The number of hydrogen-bond donors (Lipinski definition) is 0. The predicted molar refractivity (Wildman–Crippen MR) is 120 cm³/mol. The number of rotatable bonds is 9. The molecule has 0 aliphatic carbocycles. The van der Waals surface area contributed by atoms with Crippen LogP contribution in [-0.2, 0) is 19.4 Å². The maximum absolute atomic E-state index is 5.90. The zero-order valence-electron chi connectivity index (χ0n) is 17.2. The Balaban J connectivity index is 1.19. The highest BCUT2D eigenvalue weighted by Crippen LogP contribution is 2.15. The molecule has 0 bridgehead atoms. The molecule has 0 fully saturated rings. The summed E-state index contributed by atoms with van der Waals surface area (Å²) in [6, 6.07) is 31.4. The number of ether oxygens (including phenoxy) is 1. The lowest BCUT2D eigenvalue weighted by molar-refractivity contribution is -0.700. The monoisotopic (exact) mass is 395 g/mol. The summed E-state index contributed by atoms with van der Waals surface area (Å²) in [5.74, 6) is 0.931. The van der Waals surface area contributed by atoms with Crippen LogP contribution in [0.15, 0.2) is 104 Å². The van der Waals surface area contributed by atoms with Crippen LogP contribution in [0, 0.1) is 0 Å². The molecule has 0 saturated carbocycles. The van der Waals surface area contributed by atoms with Crippen molar-refractivity contribution in [1.29, 1.82) is 0 Å². The summed E-state index contributed by atoms with van der Waals surface area (Å²) in [6.45, 7) is 1.58. The van der Waals surface area contributed by atoms with E-state index >= 15 is 0 Å². The van der Waals surface area contributed by atoms with E-state index in [-0.39, 0.29) is 0 Å². The van der Waals surface area contributed by atoms with Gasteiger partial charge < -0.3 is 4.74 Å². The van der Waals surface area contributed by atoms with E-state index in [2.05, 4.69) is 88.5 Å². The third kappa shape index (κ3) is 5.77. The van der Waals surface area contributed by atoms with Gasteiger partial charge in [-0.05, 0) is 41.1 Å². The summed E-state index contributed by atoms with van der Waals surface area (Å²) in [7, 11) is 0. The van der Waals surface area contributed by atoms with Gasteiger partial charge in [0.25, 0.3) is 6.33 Å². The van der Waals surface area contributed by atoms with Gasteiger partial charge in [-0.15, -0.1) is 0 Å². The maximum atomic E-state index is 5.90. The van der Waals surface area contributed by atoms with E-state index in [0.717, 1.165) is 42.8 Å². The van der Waals surface area contributed by atoms with Gasteiger partial charge in [-0.2, -0.15) is 0 Å². The van der Waals surface area contributed by atoms with Crippen molar-refractivity contribution in [2.24, 2.45) is 0 Å². The fourth-order valence-electron chi connectivity index (χ4n) is 3.42. The van der Waals surface area contributed by atoms with E-state index in [9.17, 15) is 0 Å². The van der Waals surface area contributed by atoms with E-state index in [4.69, 9.17) is 4.74 Å². The number of nitrogens with zero attached hydrogens (tertiary/aromatic N) is 2. The minimum Gasteiger partial charge on any atom is -0.493 e. The molecule has 0 atom stereocenters. The van der Waals surface area contributed by atoms with Crippen LogP contribution in [0.2, 0.25) is 0 Å². The quantitative estimate of drug-likeness (QED) is 0.284. The Labute approximate surface area is 178 Å². The number of benzene rings is 3. The molecule has 0 spiro atoms. The van der Waals surface area contributed by atoms with Crippen LogP contribution in [0.25, 0.3) is 11.3 Å². The molecule has 0 aliphatic heterocycles. The van der Waals surface area contributed by atoms with Crippen LogP contribution in [0.1, 0.15) is 17.5 Å². The molecule has 1 aromatic heterocycles. The van der Waals surface area contributed by atoms with Crippen molar-refractivity contribution in [3.8, 4) is 17.0 Å². The van der Waals surface area contributed by atoms with Crippen LogP contribution in [0.4, 0.5) is 0 Å². The molecule has 4 rings (SSSR count). The predicted octanol–water partition coefficient (Wildman–Crippen LogP) is 5.29. The molecule has 3 nitrogen and oxygen atoms in total. The molecule has 1 heterocycles. The lowest BCUT2D eigenvalue weighted by Crippen LogP contribution is -2.34. The third-order valence-corrected chi connectivity index (χ3v) is 5.14. The molecule has 3 aromatic carbocycles. The lowest BCUT2D eigenvalue weighted by atomic mass is 10.0. The molecule has 150 valence electrons. The Morgan fingerprint density at radius 1 is 0.700 bits per heavy atom. The minimum atomic E-state index is 0.691. The Hall–Kier alpha value is -3.46. The average molecular weight is 396 g/mol. The largest absolute Gasteiger partial charge is 0.493 e. The first-order valence-electron chi connectivity index (χ1n) is 10.5. The summed E-state index contributed by atoms with van der Waals surface area (Å²) >= 11 is 0. The Kier molecular flexibility index (Phi) is 6.85. The summed E-state index contributed by atoms with van der Waals surface area (Å²) in [5.41, 5.74) is 4.85. The average Bonchev–Trinajstić information content (AvgIpc) is 2.83. The van der Waals surface area contributed by atoms with Crippen LogP contribution in [-0.4, -0.2) is 11.6 Å². The SMILES string of the molecule is c1ccc(CCc2ccc(OCCC[n+]3ccc(-c4ccccc4)nc3)cc2)cc1. The van der Waals surface area contributed by atoms with Crippen molar-refractivity contribution in [1.82, 2.24) is 4.98 Å². The molecular weight excluding hydrogens is 368 g/mol. The van der Waals surface area contributed by atoms with Crippen molar-refractivity contribution in [3.05, 3.63) is 115 Å². The summed E-state index contributed by atoms with van der Waals surface area (Å²) < 4.78 is 8.00. The van der Waals surface area contributed by atoms with Crippen molar-refractivity contribution in [2.45, 2.75) is 25.8 Å². The van der Waals surface area contributed by atoms with Gasteiger partial charge in [0.2, 0.25) is 0 Å². The van der Waals surface area contributed by atoms with Gasteiger partial charge in [0.1, 0.15) is 5.75 Å². The van der Waals surface area contributed by atoms with Gasteiger partial charge in [0, 0.05) is 18.1 Å². The van der Waals surface area contributed by atoms with Crippen LogP contribution < -0.4 is 9.30 Å². The molecule has 4 aromatic rings. The fraction of sp³-hybridized carbons (Fsp3) is 0.185. The summed E-state index contributed by atoms with van der Waals surface area (Å²) in [4.78, 5) is 4.56. The van der Waals surface area contributed by atoms with Crippen LogP contribution >= 0.6 is 0 Å². The van der Waals surface area contributed by atoms with E-state index in [1.54, 1.807) is 0 Å². The summed E-state index contributed by atoms with van der Waals surface area (Å²) in [6.07, 6.45) is 7.02. The number of aryl methyl sites for hydroxylation is 3. The molecule has 0 N–H and O–H groups in total. The van der Waals surface area contributed by atoms with E-state index in [1.165, 1.54) is 11.1 Å². The fourth-order valence-corrected chi connectivity index (χ4v) is 3.42. The van der Waals surface area contributed by atoms with Crippen molar-refractivity contribution in [3.63, 3.8) is 0 Å². The van der Waals surface area contributed by atoms with Gasteiger partial charge in [-0.25, -0.2) is 4.57 Å². The van der Waals surface area contributed by atoms with E-state index in [0.29, 0.717) is 6.61 Å². The Morgan fingerprint density at radius 3 is 2.03 bits per heavy atom. The number of aromatic nitrogens is 2. The van der Waals surface area contributed by atoms with Crippen molar-refractivity contribution < 1.29 is 9.30 Å².